The second-order valence-corrected chi connectivity index (χ2v) is 6.80. The molecule has 0 aromatic heterocycles. The van der Waals surface area contributed by atoms with Gasteiger partial charge in [-0.15, -0.1) is 11.6 Å². The van der Waals surface area contributed by atoms with Crippen molar-refractivity contribution in [3.8, 4) is 0 Å². The van der Waals surface area contributed by atoms with Gasteiger partial charge in [0.2, 0.25) is 0 Å². The van der Waals surface area contributed by atoms with E-state index in [1.54, 1.807) is 4.90 Å². The SMILES string of the molecule is CC1(C)COC(C)(C)N1C(=O)OC/C=C/CCC/C=C\CCl. The number of hydrogen-bond donors (Lipinski definition) is 0. The molecule has 1 rings (SSSR count). The summed E-state index contributed by atoms with van der Waals surface area (Å²) in [5.41, 5.74) is -0.974. The number of carbonyl (C=O) groups excluding carboxylic acids is 1. The van der Waals surface area contributed by atoms with Crippen LogP contribution in [0.1, 0.15) is 47.0 Å². The maximum atomic E-state index is 12.3. The fraction of sp³-hybridized carbons (Fsp3) is 0.706. The van der Waals surface area contributed by atoms with Gasteiger partial charge in [0.15, 0.2) is 0 Å². The lowest BCUT2D eigenvalue weighted by Crippen LogP contribution is -2.52. The first kappa shape index (κ1) is 19.0. The molecule has 4 nitrogen and oxygen atoms in total. The molecular weight excluding hydrogens is 302 g/mol. The van der Waals surface area contributed by atoms with Crippen molar-refractivity contribution in [3.63, 3.8) is 0 Å². The van der Waals surface area contributed by atoms with Crippen molar-refractivity contribution < 1.29 is 14.3 Å². The van der Waals surface area contributed by atoms with Crippen LogP contribution < -0.4 is 0 Å². The predicted molar refractivity (Wildman–Crippen MR) is 90.1 cm³/mol. The van der Waals surface area contributed by atoms with Gasteiger partial charge in [0.05, 0.1) is 12.1 Å². The second kappa shape index (κ2) is 8.59. The maximum absolute atomic E-state index is 12.3. The average molecular weight is 330 g/mol. The van der Waals surface area contributed by atoms with Crippen LogP contribution in [0, 0.1) is 0 Å². The minimum Gasteiger partial charge on any atom is -0.445 e. The Hall–Kier alpha value is -1.00. The van der Waals surface area contributed by atoms with Crippen molar-refractivity contribution >= 4 is 17.7 Å². The Bertz CT molecular complexity index is 400. The zero-order valence-electron chi connectivity index (χ0n) is 14.1. The van der Waals surface area contributed by atoms with Crippen molar-refractivity contribution in [2.45, 2.75) is 58.2 Å². The highest BCUT2D eigenvalue weighted by atomic mass is 35.5. The number of nitrogens with zero attached hydrogens (tertiary/aromatic N) is 1. The molecule has 5 heteroatoms. The quantitative estimate of drug-likeness (QED) is 0.392. The van der Waals surface area contributed by atoms with Crippen LogP contribution in [0.3, 0.4) is 0 Å². The molecule has 0 aliphatic carbocycles. The van der Waals surface area contributed by atoms with Crippen LogP contribution in [0.25, 0.3) is 0 Å². The fourth-order valence-corrected chi connectivity index (χ4v) is 2.71. The molecule has 1 fully saturated rings. The number of carbonyl (C=O) groups is 1. The van der Waals surface area contributed by atoms with Gasteiger partial charge < -0.3 is 9.47 Å². The van der Waals surface area contributed by atoms with Crippen LogP contribution >= 0.6 is 11.6 Å². The number of halogens is 1. The molecule has 0 unspecified atom stereocenters. The molecule has 0 saturated carbocycles. The third-order valence-electron chi connectivity index (χ3n) is 3.57. The van der Waals surface area contributed by atoms with Gasteiger partial charge in [-0.25, -0.2) is 4.79 Å². The Labute approximate surface area is 139 Å². The molecule has 1 aliphatic rings. The van der Waals surface area contributed by atoms with E-state index in [2.05, 4.69) is 6.08 Å². The van der Waals surface area contributed by atoms with E-state index >= 15 is 0 Å². The molecule has 1 saturated heterocycles. The van der Waals surface area contributed by atoms with Crippen molar-refractivity contribution in [1.29, 1.82) is 0 Å². The Balaban J connectivity index is 2.30. The van der Waals surface area contributed by atoms with E-state index in [-0.39, 0.29) is 11.6 Å². The average Bonchev–Trinajstić information content (AvgIpc) is 2.65. The maximum Gasteiger partial charge on any atom is 0.412 e. The van der Waals surface area contributed by atoms with Crippen LogP contribution in [0.4, 0.5) is 4.79 Å². The van der Waals surface area contributed by atoms with Crippen LogP contribution in [0.2, 0.25) is 0 Å². The van der Waals surface area contributed by atoms with Gasteiger partial charge in [-0.3, -0.25) is 4.90 Å². The Morgan fingerprint density at radius 1 is 1.18 bits per heavy atom. The van der Waals surface area contributed by atoms with Crippen LogP contribution in [-0.2, 0) is 9.47 Å². The van der Waals surface area contributed by atoms with Gasteiger partial charge >= 0.3 is 6.09 Å². The first-order valence-corrected chi connectivity index (χ1v) is 8.32. The lowest BCUT2D eigenvalue weighted by atomic mass is 10.0. The van der Waals surface area contributed by atoms with E-state index < -0.39 is 5.72 Å². The van der Waals surface area contributed by atoms with Gasteiger partial charge in [0.1, 0.15) is 12.3 Å². The largest absolute Gasteiger partial charge is 0.445 e. The second-order valence-electron chi connectivity index (χ2n) is 6.49. The Kier molecular flexibility index (Phi) is 7.43. The van der Waals surface area contributed by atoms with E-state index in [1.165, 1.54) is 0 Å². The number of unbranched alkanes of at least 4 members (excludes halogenated alkanes) is 2. The number of allylic oxidation sites excluding steroid dienone is 3. The standard InChI is InChI=1S/C17H28ClNO3/c1-16(2)14-22-17(3,4)19(16)15(20)21-13-11-9-7-5-6-8-10-12-18/h8-11H,5-7,12-14H2,1-4H3/b10-8-,11-9+. The van der Waals surface area contributed by atoms with Gasteiger partial charge in [-0.2, -0.15) is 0 Å². The third-order valence-corrected chi connectivity index (χ3v) is 3.75. The van der Waals surface area contributed by atoms with Crippen LogP contribution in [-0.4, -0.2) is 41.4 Å². The topological polar surface area (TPSA) is 38.8 Å². The molecule has 0 spiro atoms. The summed E-state index contributed by atoms with van der Waals surface area (Å²) in [5, 5.41) is 0. The highest BCUT2D eigenvalue weighted by Gasteiger charge is 2.49. The Morgan fingerprint density at radius 2 is 1.82 bits per heavy atom. The molecule has 0 bridgehead atoms. The molecule has 0 atom stereocenters. The Morgan fingerprint density at radius 3 is 2.36 bits per heavy atom. The van der Waals surface area contributed by atoms with Crippen molar-refractivity contribution in [2.24, 2.45) is 0 Å². The number of alkyl halides is 1. The van der Waals surface area contributed by atoms with E-state index in [4.69, 9.17) is 21.1 Å². The van der Waals surface area contributed by atoms with Gasteiger partial charge in [0.25, 0.3) is 0 Å². The number of hydrogen-bond acceptors (Lipinski definition) is 3. The van der Waals surface area contributed by atoms with Gasteiger partial charge in [-0.05, 0) is 47.0 Å². The highest BCUT2D eigenvalue weighted by molar-refractivity contribution is 6.18. The molecule has 1 amide bonds. The van der Waals surface area contributed by atoms with Gasteiger partial charge in [0, 0.05) is 5.88 Å². The van der Waals surface area contributed by atoms with Crippen LogP contribution in [0.5, 0.6) is 0 Å². The lowest BCUT2D eigenvalue weighted by molar-refractivity contribution is -0.0503. The van der Waals surface area contributed by atoms with Crippen molar-refractivity contribution in [2.75, 3.05) is 19.1 Å². The molecule has 0 N–H and O–H groups in total. The zero-order valence-corrected chi connectivity index (χ0v) is 14.9. The number of ether oxygens (including phenoxy) is 2. The van der Waals surface area contributed by atoms with E-state index in [1.807, 2.05) is 45.9 Å². The van der Waals surface area contributed by atoms with Crippen molar-refractivity contribution in [1.82, 2.24) is 4.90 Å². The fourth-order valence-electron chi connectivity index (χ4n) is 2.58. The predicted octanol–water partition coefficient (Wildman–Crippen LogP) is 4.49. The van der Waals surface area contributed by atoms with Crippen molar-refractivity contribution in [3.05, 3.63) is 24.3 Å². The number of rotatable bonds is 7. The van der Waals surface area contributed by atoms with E-state index in [0.717, 1.165) is 19.3 Å². The summed E-state index contributed by atoms with van der Waals surface area (Å²) in [6.45, 7) is 8.53. The summed E-state index contributed by atoms with van der Waals surface area (Å²) >= 11 is 5.54. The summed E-state index contributed by atoms with van der Waals surface area (Å²) in [7, 11) is 0. The summed E-state index contributed by atoms with van der Waals surface area (Å²) in [6.07, 6.45) is 10.7. The molecule has 1 heterocycles. The number of amides is 1. The van der Waals surface area contributed by atoms with Crippen LogP contribution in [0.15, 0.2) is 24.3 Å². The normalized spacial score (nSPS) is 20.1. The summed E-state index contributed by atoms with van der Waals surface area (Å²) in [5.74, 6) is 0.568. The molecule has 0 aromatic carbocycles. The minimum absolute atomic E-state index is 0.291. The molecule has 22 heavy (non-hydrogen) atoms. The monoisotopic (exact) mass is 329 g/mol. The summed E-state index contributed by atoms with van der Waals surface area (Å²) in [6, 6.07) is 0. The first-order chi connectivity index (χ1) is 10.3. The smallest absolute Gasteiger partial charge is 0.412 e. The van der Waals surface area contributed by atoms with Gasteiger partial charge in [-0.1, -0.05) is 24.3 Å². The molecule has 1 aliphatic heterocycles. The summed E-state index contributed by atoms with van der Waals surface area (Å²) < 4.78 is 11.0. The first-order valence-electron chi connectivity index (χ1n) is 7.78. The molecule has 0 radical (unpaired) electrons. The molecule has 126 valence electrons. The minimum atomic E-state index is -0.626. The van der Waals surface area contributed by atoms with E-state index in [0.29, 0.717) is 19.1 Å². The third kappa shape index (κ3) is 5.65. The van der Waals surface area contributed by atoms with E-state index in [9.17, 15) is 4.79 Å². The molecule has 0 aromatic rings. The zero-order chi connectivity index (χ0) is 16.6. The molecular formula is C17H28ClNO3. The lowest BCUT2D eigenvalue weighted by Gasteiger charge is -2.36. The highest BCUT2D eigenvalue weighted by Crippen LogP contribution is 2.34. The summed E-state index contributed by atoms with van der Waals surface area (Å²) in [4.78, 5) is 13.9.